The van der Waals surface area contributed by atoms with Gasteiger partial charge in [0, 0.05) is 50.0 Å². The molecule has 1 N–H and O–H groups in total. The molecule has 1 aliphatic rings. The van der Waals surface area contributed by atoms with E-state index in [4.69, 9.17) is 0 Å². The van der Waals surface area contributed by atoms with Gasteiger partial charge in [-0.2, -0.15) is 5.10 Å². The maximum Gasteiger partial charge on any atom is 0.228 e. The van der Waals surface area contributed by atoms with Crippen molar-refractivity contribution in [2.75, 3.05) is 16.8 Å². The van der Waals surface area contributed by atoms with Gasteiger partial charge in [-0.05, 0) is 50.1 Å². The number of hydrogen-bond acceptors (Lipinski definition) is 5. The highest BCUT2D eigenvalue weighted by Crippen LogP contribution is 2.23. The van der Waals surface area contributed by atoms with Crippen molar-refractivity contribution < 1.29 is 9.59 Å². The molecule has 2 amide bonds. The van der Waals surface area contributed by atoms with Gasteiger partial charge in [-0.15, -0.1) is 0 Å². The van der Waals surface area contributed by atoms with Gasteiger partial charge in [-0.25, -0.2) is 9.67 Å². The number of fused-ring (bicyclic) bond motifs is 1. The Labute approximate surface area is 175 Å². The van der Waals surface area contributed by atoms with Crippen LogP contribution in [0.25, 0.3) is 11.3 Å². The number of aryl methyl sites for hydroxylation is 3. The molecule has 0 aromatic carbocycles. The van der Waals surface area contributed by atoms with E-state index in [2.05, 4.69) is 20.4 Å². The molecule has 1 aliphatic heterocycles. The molecule has 4 heterocycles. The van der Waals surface area contributed by atoms with E-state index in [1.165, 1.54) is 0 Å². The van der Waals surface area contributed by atoms with Crippen LogP contribution in [0.2, 0.25) is 0 Å². The summed E-state index contributed by atoms with van der Waals surface area (Å²) >= 11 is 0. The van der Waals surface area contributed by atoms with Crippen LogP contribution in [0.5, 0.6) is 0 Å². The summed E-state index contributed by atoms with van der Waals surface area (Å²) in [5.74, 6) is 0.959. The second kappa shape index (κ2) is 8.44. The summed E-state index contributed by atoms with van der Waals surface area (Å²) in [5, 5.41) is 7.15. The van der Waals surface area contributed by atoms with Crippen molar-refractivity contribution in [1.29, 1.82) is 0 Å². The first-order valence-electron chi connectivity index (χ1n) is 10.0. The maximum atomic E-state index is 12.6. The molecule has 0 radical (unpaired) electrons. The predicted octanol–water partition coefficient (Wildman–Crippen LogP) is 3.11. The fourth-order valence-corrected chi connectivity index (χ4v) is 3.53. The number of anilines is 2. The van der Waals surface area contributed by atoms with Gasteiger partial charge in [0.1, 0.15) is 11.6 Å². The lowest BCUT2D eigenvalue weighted by Gasteiger charge is -2.27. The molecule has 0 unspecified atom stereocenters. The maximum absolute atomic E-state index is 12.6. The third kappa shape index (κ3) is 4.37. The number of pyridine rings is 2. The van der Waals surface area contributed by atoms with Crippen molar-refractivity contribution in [2.24, 2.45) is 0 Å². The zero-order valence-electron chi connectivity index (χ0n) is 17.1. The Kier molecular flexibility index (Phi) is 5.56. The van der Waals surface area contributed by atoms with Crippen LogP contribution in [0.3, 0.4) is 0 Å². The Morgan fingerprint density at radius 3 is 2.70 bits per heavy atom. The molecule has 4 rings (SSSR count). The summed E-state index contributed by atoms with van der Waals surface area (Å²) in [6.07, 6.45) is 4.54. The van der Waals surface area contributed by atoms with Crippen LogP contribution in [0, 0.1) is 13.8 Å². The molecule has 0 fully saturated rings. The fraction of sp³-hybridized carbons (Fsp3) is 0.318. The van der Waals surface area contributed by atoms with E-state index in [0.29, 0.717) is 12.4 Å². The average molecular weight is 404 g/mol. The number of carbonyl (C=O) groups excluding carboxylic acids is 2. The Morgan fingerprint density at radius 2 is 1.93 bits per heavy atom. The third-order valence-corrected chi connectivity index (χ3v) is 5.02. The quantitative estimate of drug-likeness (QED) is 0.705. The molecule has 0 aliphatic carbocycles. The van der Waals surface area contributed by atoms with Crippen molar-refractivity contribution >= 4 is 23.5 Å². The van der Waals surface area contributed by atoms with Gasteiger partial charge >= 0.3 is 0 Å². The van der Waals surface area contributed by atoms with Crippen molar-refractivity contribution in [3.63, 3.8) is 0 Å². The normalized spacial score (nSPS) is 13.1. The molecule has 0 saturated carbocycles. The van der Waals surface area contributed by atoms with Crippen molar-refractivity contribution in [1.82, 2.24) is 19.7 Å². The Morgan fingerprint density at radius 1 is 1.07 bits per heavy atom. The summed E-state index contributed by atoms with van der Waals surface area (Å²) in [4.78, 5) is 35.3. The minimum absolute atomic E-state index is 0.0696. The first-order valence-corrected chi connectivity index (χ1v) is 10.0. The van der Waals surface area contributed by atoms with Crippen LogP contribution in [0.4, 0.5) is 11.6 Å². The fourth-order valence-electron chi connectivity index (χ4n) is 3.53. The summed E-state index contributed by atoms with van der Waals surface area (Å²) in [5.41, 5.74) is 3.72. The van der Waals surface area contributed by atoms with E-state index in [-0.39, 0.29) is 24.7 Å². The Balaban J connectivity index is 1.32. The van der Waals surface area contributed by atoms with Gasteiger partial charge in [-0.3, -0.25) is 19.5 Å². The zero-order valence-corrected chi connectivity index (χ0v) is 17.1. The number of nitrogens with zero attached hydrogens (tertiary/aromatic N) is 5. The highest BCUT2D eigenvalue weighted by atomic mass is 16.2. The first kappa shape index (κ1) is 19.8. The number of nitrogens with one attached hydrogen (secondary N) is 1. The second-order valence-corrected chi connectivity index (χ2v) is 7.46. The predicted molar refractivity (Wildman–Crippen MR) is 114 cm³/mol. The van der Waals surface area contributed by atoms with Crippen molar-refractivity contribution in [3.8, 4) is 11.3 Å². The van der Waals surface area contributed by atoms with Crippen LogP contribution in [-0.4, -0.2) is 38.1 Å². The lowest BCUT2D eigenvalue weighted by molar-refractivity contribution is -0.122. The molecule has 154 valence electrons. The number of carbonyl (C=O) groups is 2. The Bertz CT molecular complexity index is 1070. The van der Waals surface area contributed by atoms with Crippen LogP contribution < -0.4 is 10.2 Å². The van der Waals surface area contributed by atoms with E-state index >= 15 is 0 Å². The number of rotatable bonds is 5. The molecule has 8 heteroatoms. The molecule has 0 saturated heterocycles. The number of amides is 2. The average Bonchev–Trinajstić information content (AvgIpc) is 3.12. The third-order valence-electron chi connectivity index (χ3n) is 5.02. The highest BCUT2D eigenvalue weighted by Gasteiger charge is 2.24. The lowest BCUT2D eigenvalue weighted by Crippen LogP contribution is -2.37. The SMILES string of the molecule is Cc1ccnc(-c2ccc(NC(=O)CCC(=O)N3CCCn4nc(C)cc43)nc2)c1. The van der Waals surface area contributed by atoms with E-state index in [0.717, 1.165) is 41.3 Å². The van der Waals surface area contributed by atoms with Gasteiger partial charge in [0.25, 0.3) is 0 Å². The largest absolute Gasteiger partial charge is 0.311 e. The number of aromatic nitrogens is 4. The first-order chi connectivity index (χ1) is 14.5. The van der Waals surface area contributed by atoms with E-state index in [9.17, 15) is 9.59 Å². The molecule has 0 bridgehead atoms. The lowest BCUT2D eigenvalue weighted by atomic mass is 10.1. The highest BCUT2D eigenvalue weighted by molar-refractivity contribution is 5.97. The molecule has 3 aromatic heterocycles. The van der Waals surface area contributed by atoms with Crippen LogP contribution in [-0.2, 0) is 16.1 Å². The van der Waals surface area contributed by atoms with Gasteiger partial charge in [0.05, 0.1) is 11.4 Å². The molecule has 0 atom stereocenters. The van der Waals surface area contributed by atoms with Gasteiger partial charge in [-0.1, -0.05) is 0 Å². The molecule has 3 aromatic rings. The molecule has 0 spiro atoms. The van der Waals surface area contributed by atoms with E-state index in [1.54, 1.807) is 23.4 Å². The van der Waals surface area contributed by atoms with Gasteiger partial charge in [0.15, 0.2) is 0 Å². The molecule has 8 nitrogen and oxygen atoms in total. The molecule has 30 heavy (non-hydrogen) atoms. The Hall–Kier alpha value is -3.55. The monoisotopic (exact) mass is 404 g/mol. The summed E-state index contributed by atoms with van der Waals surface area (Å²) in [6, 6.07) is 9.43. The van der Waals surface area contributed by atoms with Crippen molar-refractivity contribution in [2.45, 2.75) is 39.7 Å². The standard InChI is InChI=1S/C22H24N6O2/c1-15-8-9-23-18(12-15)17-4-5-19(24-14-17)25-20(29)6-7-22(30)27-10-3-11-28-21(27)13-16(2)26-28/h4-5,8-9,12-14H,3,6-7,10-11H2,1-2H3,(H,24,25,29). The summed E-state index contributed by atoms with van der Waals surface area (Å²) in [7, 11) is 0. The van der Waals surface area contributed by atoms with Gasteiger partial charge < -0.3 is 5.32 Å². The number of hydrogen-bond donors (Lipinski definition) is 1. The summed E-state index contributed by atoms with van der Waals surface area (Å²) < 4.78 is 1.85. The van der Waals surface area contributed by atoms with Crippen molar-refractivity contribution in [3.05, 3.63) is 54.0 Å². The zero-order chi connectivity index (χ0) is 21.1. The van der Waals surface area contributed by atoms with E-state index in [1.807, 2.05) is 42.8 Å². The summed E-state index contributed by atoms with van der Waals surface area (Å²) in [6.45, 7) is 5.39. The molecular weight excluding hydrogens is 380 g/mol. The van der Waals surface area contributed by atoms with E-state index < -0.39 is 0 Å². The minimum Gasteiger partial charge on any atom is -0.311 e. The van der Waals surface area contributed by atoms with Gasteiger partial charge in [0.2, 0.25) is 11.8 Å². The van der Waals surface area contributed by atoms with Crippen LogP contribution >= 0.6 is 0 Å². The van der Waals surface area contributed by atoms with Crippen LogP contribution in [0.15, 0.2) is 42.7 Å². The van der Waals surface area contributed by atoms with Crippen LogP contribution in [0.1, 0.15) is 30.5 Å². The second-order valence-electron chi connectivity index (χ2n) is 7.46. The minimum atomic E-state index is -0.237. The topological polar surface area (TPSA) is 93.0 Å². The molecular formula is C22H24N6O2. The smallest absolute Gasteiger partial charge is 0.228 e.